The maximum absolute atomic E-state index is 11.7. The summed E-state index contributed by atoms with van der Waals surface area (Å²) in [5.74, 6) is 0.488. The number of carbonyl (C=O) groups excluding carboxylic acids is 1. The molecule has 0 saturated heterocycles. The fourth-order valence-electron chi connectivity index (χ4n) is 1.41. The molecule has 94 valence electrons. The average Bonchev–Trinajstić information content (AvgIpc) is 2.25. The van der Waals surface area contributed by atoms with Gasteiger partial charge in [0.25, 0.3) is 0 Å². The summed E-state index contributed by atoms with van der Waals surface area (Å²) < 4.78 is 0. The number of aryl methyl sites for hydroxylation is 1. The summed E-state index contributed by atoms with van der Waals surface area (Å²) in [6, 6.07) is 3.54. The van der Waals surface area contributed by atoms with Crippen molar-refractivity contribution in [1.29, 1.82) is 0 Å². The van der Waals surface area contributed by atoms with Gasteiger partial charge in [0.2, 0.25) is 5.91 Å². The first-order chi connectivity index (χ1) is 7.99. The number of aromatic nitrogens is 1. The Bertz CT molecular complexity index is 377. The zero-order chi connectivity index (χ0) is 12.8. The molecule has 4 heteroatoms. The van der Waals surface area contributed by atoms with Gasteiger partial charge in [0.1, 0.15) is 6.04 Å². The molecule has 1 aromatic heterocycles. The number of hydrogen-bond acceptors (Lipinski definition) is 3. The van der Waals surface area contributed by atoms with E-state index in [1.807, 2.05) is 26.0 Å². The minimum absolute atomic E-state index is 0.0214. The molecule has 1 atom stereocenters. The zero-order valence-corrected chi connectivity index (χ0v) is 10.9. The minimum Gasteiger partial charge on any atom is -0.374 e. The van der Waals surface area contributed by atoms with Crippen molar-refractivity contribution in [3.05, 3.63) is 24.0 Å². The summed E-state index contributed by atoms with van der Waals surface area (Å²) in [4.78, 5) is 15.9. The van der Waals surface area contributed by atoms with Crippen LogP contribution in [0.3, 0.4) is 0 Å². The van der Waals surface area contributed by atoms with Crippen LogP contribution in [0.2, 0.25) is 0 Å². The molecule has 4 nitrogen and oxygen atoms in total. The second kappa shape index (κ2) is 6.23. The first-order valence-electron chi connectivity index (χ1n) is 5.96. The van der Waals surface area contributed by atoms with Crippen LogP contribution in [0.5, 0.6) is 0 Å². The normalized spacial score (nSPS) is 12.3. The van der Waals surface area contributed by atoms with Crippen molar-refractivity contribution in [2.75, 3.05) is 11.9 Å². The van der Waals surface area contributed by atoms with E-state index in [0.29, 0.717) is 12.5 Å². The highest BCUT2D eigenvalue weighted by molar-refractivity contribution is 5.84. The lowest BCUT2D eigenvalue weighted by molar-refractivity contribution is -0.121. The number of rotatable bonds is 5. The molecule has 0 aliphatic carbocycles. The first kappa shape index (κ1) is 13.5. The Morgan fingerprint density at radius 3 is 2.71 bits per heavy atom. The minimum atomic E-state index is -0.240. The molecule has 17 heavy (non-hydrogen) atoms. The molecule has 0 bridgehead atoms. The van der Waals surface area contributed by atoms with Gasteiger partial charge in [-0.3, -0.25) is 9.78 Å². The van der Waals surface area contributed by atoms with E-state index < -0.39 is 0 Å². The summed E-state index contributed by atoms with van der Waals surface area (Å²) in [5, 5.41) is 6.05. The van der Waals surface area contributed by atoms with Crippen LogP contribution < -0.4 is 10.6 Å². The molecule has 1 amide bonds. The van der Waals surface area contributed by atoms with Crippen LogP contribution in [-0.2, 0) is 4.79 Å². The predicted octanol–water partition coefficient (Wildman–Crippen LogP) is 1.96. The van der Waals surface area contributed by atoms with Crippen molar-refractivity contribution in [2.24, 2.45) is 5.92 Å². The molecule has 0 aliphatic rings. The molecule has 2 N–H and O–H groups in total. The van der Waals surface area contributed by atoms with Crippen LogP contribution >= 0.6 is 0 Å². The molecule has 1 unspecified atom stereocenters. The van der Waals surface area contributed by atoms with Gasteiger partial charge in [0, 0.05) is 24.1 Å². The zero-order valence-electron chi connectivity index (χ0n) is 10.9. The van der Waals surface area contributed by atoms with Crippen LogP contribution in [0.1, 0.15) is 26.5 Å². The number of amides is 1. The van der Waals surface area contributed by atoms with Crippen LogP contribution in [0.15, 0.2) is 18.3 Å². The third-order valence-corrected chi connectivity index (χ3v) is 2.36. The first-order valence-corrected chi connectivity index (χ1v) is 5.96. The lowest BCUT2D eigenvalue weighted by Gasteiger charge is -2.16. The van der Waals surface area contributed by atoms with Crippen LogP contribution in [0.25, 0.3) is 0 Å². The molecular weight excluding hydrogens is 214 g/mol. The smallest absolute Gasteiger partial charge is 0.242 e. The lowest BCUT2D eigenvalue weighted by atomic mass is 10.2. The molecule has 0 fully saturated rings. The molecule has 0 aromatic carbocycles. The number of nitrogens with zero attached hydrogens (tertiary/aromatic N) is 1. The fourth-order valence-corrected chi connectivity index (χ4v) is 1.41. The van der Waals surface area contributed by atoms with E-state index in [0.717, 1.165) is 11.4 Å². The van der Waals surface area contributed by atoms with Crippen molar-refractivity contribution in [1.82, 2.24) is 10.3 Å². The Morgan fingerprint density at radius 2 is 2.12 bits per heavy atom. The van der Waals surface area contributed by atoms with Crippen molar-refractivity contribution in [2.45, 2.75) is 33.7 Å². The van der Waals surface area contributed by atoms with Gasteiger partial charge in [0.15, 0.2) is 0 Å². The number of nitrogens with one attached hydrogen (secondary N) is 2. The van der Waals surface area contributed by atoms with Crippen LogP contribution in [0, 0.1) is 12.8 Å². The number of pyridine rings is 1. The molecule has 0 spiro atoms. The van der Waals surface area contributed by atoms with Gasteiger partial charge < -0.3 is 10.6 Å². The summed E-state index contributed by atoms with van der Waals surface area (Å²) in [6.45, 7) is 8.63. The number of hydrogen-bond donors (Lipinski definition) is 2. The van der Waals surface area contributed by atoms with Crippen molar-refractivity contribution < 1.29 is 4.79 Å². The molecule has 0 saturated carbocycles. The van der Waals surface area contributed by atoms with E-state index in [1.165, 1.54) is 0 Å². The van der Waals surface area contributed by atoms with Gasteiger partial charge in [-0.1, -0.05) is 13.8 Å². The number of anilines is 1. The van der Waals surface area contributed by atoms with E-state index in [9.17, 15) is 4.79 Å². The Morgan fingerprint density at radius 1 is 1.41 bits per heavy atom. The van der Waals surface area contributed by atoms with E-state index in [-0.39, 0.29) is 11.9 Å². The highest BCUT2D eigenvalue weighted by Crippen LogP contribution is 2.08. The fraction of sp³-hybridized carbons (Fsp3) is 0.538. The quantitative estimate of drug-likeness (QED) is 0.820. The molecule has 0 radical (unpaired) electrons. The van der Waals surface area contributed by atoms with Gasteiger partial charge in [-0.2, -0.15) is 0 Å². The maximum atomic E-state index is 11.7. The monoisotopic (exact) mass is 235 g/mol. The molecule has 1 heterocycles. The Labute approximate surface area is 103 Å². The van der Waals surface area contributed by atoms with Gasteiger partial charge in [-0.05, 0) is 31.9 Å². The van der Waals surface area contributed by atoms with Crippen molar-refractivity contribution >= 4 is 11.6 Å². The largest absolute Gasteiger partial charge is 0.374 e. The van der Waals surface area contributed by atoms with Crippen LogP contribution in [0.4, 0.5) is 5.69 Å². The molecule has 1 aromatic rings. The van der Waals surface area contributed by atoms with Gasteiger partial charge in [0.05, 0.1) is 0 Å². The highest BCUT2D eigenvalue weighted by atomic mass is 16.2. The Hall–Kier alpha value is -1.58. The summed E-state index contributed by atoms with van der Waals surface area (Å²) in [7, 11) is 0. The second-order valence-electron chi connectivity index (χ2n) is 4.69. The predicted molar refractivity (Wildman–Crippen MR) is 69.9 cm³/mol. The third-order valence-electron chi connectivity index (χ3n) is 2.36. The van der Waals surface area contributed by atoms with E-state index >= 15 is 0 Å². The molecular formula is C13H21N3O. The van der Waals surface area contributed by atoms with E-state index in [1.54, 1.807) is 6.20 Å². The van der Waals surface area contributed by atoms with Gasteiger partial charge >= 0.3 is 0 Å². The standard InChI is InChI=1S/C13H21N3O/c1-9(2)8-15-13(17)11(4)16-12-5-6-14-10(3)7-12/h5-7,9,11H,8H2,1-4H3,(H,14,16)(H,15,17). The van der Waals surface area contributed by atoms with Crippen LogP contribution in [-0.4, -0.2) is 23.5 Å². The number of carbonyl (C=O) groups is 1. The average molecular weight is 235 g/mol. The van der Waals surface area contributed by atoms with Gasteiger partial charge in [-0.25, -0.2) is 0 Å². The molecule has 1 rings (SSSR count). The van der Waals surface area contributed by atoms with E-state index in [2.05, 4.69) is 29.5 Å². The molecule has 0 aliphatic heterocycles. The summed E-state index contributed by atoms with van der Waals surface area (Å²) in [6.07, 6.45) is 1.73. The SMILES string of the molecule is Cc1cc(NC(C)C(=O)NCC(C)C)ccn1. The Kier molecular flexibility index (Phi) is 4.94. The van der Waals surface area contributed by atoms with E-state index in [4.69, 9.17) is 0 Å². The third kappa shape index (κ3) is 4.85. The lowest BCUT2D eigenvalue weighted by Crippen LogP contribution is -2.39. The topological polar surface area (TPSA) is 54.0 Å². The maximum Gasteiger partial charge on any atom is 0.242 e. The Balaban J connectivity index is 2.48. The van der Waals surface area contributed by atoms with Gasteiger partial charge in [-0.15, -0.1) is 0 Å². The second-order valence-corrected chi connectivity index (χ2v) is 4.69. The highest BCUT2D eigenvalue weighted by Gasteiger charge is 2.12. The summed E-state index contributed by atoms with van der Waals surface area (Å²) >= 11 is 0. The van der Waals surface area contributed by atoms with Crippen molar-refractivity contribution in [3.63, 3.8) is 0 Å². The van der Waals surface area contributed by atoms with Crippen molar-refractivity contribution in [3.8, 4) is 0 Å². The summed E-state index contributed by atoms with van der Waals surface area (Å²) in [5.41, 5.74) is 1.86.